The lowest BCUT2D eigenvalue weighted by Gasteiger charge is -2.67. The van der Waals surface area contributed by atoms with Crippen LogP contribution in [0.4, 0.5) is 0 Å². The first kappa shape index (κ1) is 49.4. The molecule has 2 heterocycles. The van der Waals surface area contributed by atoms with E-state index >= 15 is 9.59 Å². The molecule has 4 fully saturated rings. The van der Waals surface area contributed by atoms with Crippen LogP contribution in [0.2, 0.25) is 0 Å². The molecule has 9 rings (SSSR count). The predicted molar refractivity (Wildman–Crippen MR) is 254 cm³/mol. The van der Waals surface area contributed by atoms with Gasteiger partial charge in [-0.1, -0.05) is 80.6 Å². The maximum atomic E-state index is 15.4. The molecule has 4 aromatic rings. The Kier molecular flexibility index (Phi) is 13.1. The number of rotatable bonds is 11. The summed E-state index contributed by atoms with van der Waals surface area (Å²) in [5, 5.41) is 38.5. The van der Waals surface area contributed by atoms with Gasteiger partial charge in [0.2, 0.25) is 0 Å². The number of fused-ring (bicyclic) bond motifs is 5. The molecule has 0 spiro atoms. The summed E-state index contributed by atoms with van der Waals surface area (Å²) in [6.07, 6.45) is -10.4. The monoisotopic (exact) mass is 977 g/mol. The smallest absolute Gasteiger partial charge is 0.338 e. The normalized spacial score (nSPS) is 33.4. The van der Waals surface area contributed by atoms with Crippen LogP contribution in [0.25, 0.3) is 0 Å². The van der Waals surface area contributed by atoms with Crippen molar-refractivity contribution in [3.8, 4) is 11.5 Å². The third-order valence-corrected chi connectivity index (χ3v) is 16.9. The minimum atomic E-state index is -2.31. The number of carbonyl (C=O) groups excluding carboxylic acids is 4. The zero-order valence-electron chi connectivity index (χ0n) is 40.3. The number of aliphatic hydroxyl groups excluding tert-OH is 2. The molecule has 2 bridgehead atoms. The standard InChI is InChI=1S/C54H59NO14S/c1-29-17-15-16-22-38(29)70-55-42(32-18-11-9-12-19-32)44(67-48(55)35-24-23-34(63-7)25-36(35)64-8)50(61)66-37-27-54(62)47(68-49(60)33-20-13-10-14-21-33)45-52(6,46(59)43(58)41(30(37)2)51(54,4)5)39(57)26-40-53(45,28-65-40)69-31(3)56/h9-25,37,39-40,42-45,47-48,57-58,62H,26-28H2,1-8H3/t37-,39-,40+,42-,43+,44+,45-,47-,48?,52+,53-,54+/m0/s1. The van der Waals surface area contributed by atoms with Gasteiger partial charge in [0.05, 0.1) is 49.9 Å². The first-order valence-electron chi connectivity index (χ1n) is 23.4. The fourth-order valence-corrected chi connectivity index (χ4v) is 13.0. The first-order valence-corrected chi connectivity index (χ1v) is 24.2. The molecule has 2 saturated heterocycles. The summed E-state index contributed by atoms with van der Waals surface area (Å²) < 4.78 is 45.5. The van der Waals surface area contributed by atoms with Crippen LogP contribution in [0.15, 0.2) is 119 Å². The summed E-state index contributed by atoms with van der Waals surface area (Å²) in [6, 6.07) is 29.8. The van der Waals surface area contributed by atoms with Gasteiger partial charge in [0.25, 0.3) is 0 Å². The molecular weight excluding hydrogens is 919 g/mol. The molecule has 12 atom stereocenters. The van der Waals surface area contributed by atoms with Gasteiger partial charge in [0, 0.05) is 41.7 Å². The van der Waals surface area contributed by atoms with Crippen molar-refractivity contribution in [2.24, 2.45) is 16.7 Å². The SMILES string of the molecule is COc1ccc(C2O[C@@H](C(=O)O[C@H]3C[C@@]4(O)[C@@H](OC(=O)c5ccccc5)[C@@H]5[C@]6(OC(C)=O)CO[C@@H]6C[C@H](O)[C@@]5(C)C(=O)[C@H](O)C(=C3C)C4(C)C)[C@H](c3ccccc3)N2Sc2ccccc2C)c(OC)c1. The molecule has 70 heavy (non-hydrogen) atoms. The molecule has 370 valence electrons. The number of benzene rings is 4. The van der Waals surface area contributed by atoms with E-state index in [0.29, 0.717) is 17.1 Å². The maximum absolute atomic E-state index is 15.4. The topological polar surface area (TPSA) is 197 Å². The van der Waals surface area contributed by atoms with E-state index in [4.69, 9.17) is 33.2 Å². The number of methoxy groups -OCH3 is 2. The number of ketones is 1. The van der Waals surface area contributed by atoms with Crippen LogP contribution in [-0.4, -0.2) is 112 Å². The first-order chi connectivity index (χ1) is 33.3. The summed E-state index contributed by atoms with van der Waals surface area (Å²) in [6.45, 7) is 9.24. The van der Waals surface area contributed by atoms with Gasteiger partial charge in [-0.15, -0.1) is 0 Å². The van der Waals surface area contributed by atoms with Crippen LogP contribution in [0.1, 0.15) is 86.8 Å². The van der Waals surface area contributed by atoms with Crippen LogP contribution in [-0.2, 0) is 38.1 Å². The summed E-state index contributed by atoms with van der Waals surface area (Å²) in [5.41, 5.74) is -4.90. The van der Waals surface area contributed by atoms with Gasteiger partial charge in [0.1, 0.15) is 41.5 Å². The van der Waals surface area contributed by atoms with Gasteiger partial charge in [-0.25, -0.2) is 13.9 Å². The molecule has 2 aliphatic heterocycles. The molecule has 2 saturated carbocycles. The third-order valence-electron chi connectivity index (χ3n) is 15.6. The molecule has 1 unspecified atom stereocenters. The number of hydrogen-bond acceptors (Lipinski definition) is 16. The zero-order chi connectivity index (χ0) is 50.1. The predicted octanol–water partition coefficient (Wildman–Crippen LogP) is 6.81. The Balaban J connectivity index is 1.18. The largest absolute Gasteiger partial charge is 0.497 e. The highest BCUT2D eigenvalue weighted by Gasteiger charge is 2.78. The molecule has 0 radical (unpaired) electrons. The number of ether oxygens (including phenoxy) is 7. The van der Waals surface area contributed by atoms with Crippen molar-refractivity contribution in [1.82, 2.24) is 4.31 Å². The van der Waals surface area contributed by atoms with Crippen LogP contribution in [0, 0.1) is 23.7 Å². The number of aliphatic hydroxyl groups is 3. The van der Waals surface area contributed by atoms with E-state index < -0.39 is 107 Å². The molecule has 3 aliphatic carbocycles. The molecule has 16 heteroatoms. The second-order valence-electron chi connectivity index (χ2n) is 19.7. The van der Waals surface area contributed by atoms with Crippen LogP contribution in [0.3, 0.4) is 0 Å². The average Bonchev–Trinajstić information content (AvgIpc) is 3.72. The van der Waals surface area contributed by atoms with Gasteiger partial charge in [-0.3, -0.25) is 9.59 Å². The van der Waals surface area contributed by atoms with Gasteiger partial charge in [-0.05, 0) is 85.3 Å². The average molecular weight is 978 g/mol. The Labute approximate surface area is 411 Å². The van der Waals surface area contributed by atoms with Gasteiger partial charge >= 0.3 is 17.9 Å². The second kappa shape index (κ2) is 18.5. The van der Waals surface area contributed by atoms with E-state index in [0.717, 1.165) is 16.0 Å². The Morgan fingerprint density at radius 1 is 0.857 bits per heavy atom. The molecule has 3 N–H and O–H groups in total. The van der Waals surface area contributed by atoms with Crippen LogP contribution in [0.5, 0.6) is 11.5 Å². The summed E-state index contributed by atoms with van der Waals surface area (Å²) >= 11 is 1.40. The highest BCUT2D eigenvalue weighted by Crippen LogP contribution is 2.64. The number of carbonyl (C=O) groups is 4. The fraction of sp³-hybridized carbons (Fsp3) is 0.444. The summed E-state index contributed by atoms with van der Waals surface area (Å²) in [4.78, 5) is 59.1. The number of esters is 3. The molecule has 5 aliphatic rings. The van der Waals surface area contributed by atoms with Crippen molar-refractivity contribution in [2.75, 3.05) is 20.8 Å². The lowest BCUT2D eigenvalue weighted by molar-refractivity contribution is -0.346. The lowest BCUT2D eigenvalue weighted by atomic mass is 9.44. The van der Waals surface area contributed by atoms with E-state index in [1.165, 1.54) is 45.0 Å². The number of Topliss-reactive ketones (excluding diaryl/α,β-unsaturated/α-hetero) is 1. The van der Waals surface area contributed by atoms with E-state index in [1.807, 2.05) is 71.9 Å². The van der Waals surface area contributed by atoms with Crippen LogP contribution >= 0.6 is 11.9 Å². The minimum Gasteiger partial charge on any atom is -0.497 e. The summed E-state index contributed by atoms with van der Waals surface area (Å²) in [5.74, 6) is -3.81. The number of nitrogens with zero attached hydrogens (tertiary/aromatic N) is 1. The van der Waals surface area contributed by atoms with Crippen LogP contribution < -0.4 is 9.47 Å². The third kappa shape index (κ3) is 7.83. The summed E-state index contributed by atoms with van der Waals surface area (Å²) in [7, 11) is 3.08. The van der Waals surface area contributed by atoms with E-state index in [-0.39, 0.29) is 29.7 Å². The van der Waals surface area contributed by atoms with Crippen molar-refractivity contribution in [3.05, 3.63) is 137 Å². The molecule has 0 amide bonds. The fourth-order valence-electron chi connectivity index (χ4n) is 11.8. The van der Waals surface area contributed by atoms with Gasteiger partial charge in [-0.2, -0.15) is 0 Å². The van der Waals surface area contributed by atoms with E-state index in [2.05, 4.69) is 0 Å². The van der Waals surface area contributed by atoms with Crippen molar-refractivity contribution in [1.29, 1.82) is 0 Å². The molecule has 15 nitrogen and oxygen atoms in total. The zero-order valence-corrected chi connectivity index (χ0v) is 41.1. The van der Waals surface area contributed by atoms with Gasteiger partial charge in [0.15, 0.2) is 23.7 Å². The number of aryl methyl sites for hydroxylation is 1. The Morgan fingerprint density at radius 3 is 2.16 bits per heavy atom. The minimum absolute atomic E-state index is 0.0229. The second-order valence-corrected chi connectivity index (χ2v) is 20.7. The Hall–Kier alpha value is -5.59. The molecular formula is C54H59NO14S. The van der Waals surface area contributed by atoms with Crippen molar-refractivity contribution in [2.45, 2.75) is 119 Å². The molecule has 0 aromatic heterocycles. The van der Waals surface area contributed by atoms with E-state index in [1.54, 1.807) is 58.2 Å². The molecule has 4 aromatic carbocycles. The number of hydrogen-bond donors (Lipinski definition) is 3. The Morgan fingerprint density at radius 2 is 1.53 bits per heavy atom. The maximum Gasteiger partial charge on any atom is 0.338 e. The Bertz CT molecular complexity index is 2710. The van der Waals surface area contributed by atoms with E-state index in [9.17, 15) is 24.9 Å². The lowest BCUT2D eigenvalue weighted by Crippen LogP contribution is -2.81. The highest BCUT2D eigenvalue weighted by atomic mass is 32.2. The highest BCUT2D eigenvalue weighted by molar-refractivity contribution is 7.97. The van der Waals surface area contributed by atoms with Gasteiger partial charge < -0.3 is 48.5 Å². The van der Waals surface area contributed by atoms with Crippen molar-refractivity contribution in [3.63, 3.8) is 0 Å². The van der Waals surface area contributed by atoms with Crippen molar-refractivity contribution < 1.29 is 67.7 Å². The van der Waals surface area contributed by atoms with Crippen molar-refractivity contribution >= 4 is 35.6 Å². The quantitative estimate of drug-likeness (QED) is 0.0613.